The van der Waals surface area contributed by atoms with E-state index in [1.54, 1.807) is 13.3 Å². The summed E-state index contributed by atoms with van der Waals surface area (Å²) >= 11 is 0. The number of nitrogens with one attached hydrogen (secondary N) is 2. The van der Waals surface area contributed by atoms with Crippen LogP contribution in [0, 0.1) is 0 Å². The van der Waals surface area contributed by atoms with Crippen LogP contribution < -0.4 is 10.1 Å². The van der Waals surface area contributed by atoms with Crippen LogP contribution in [0.5, 0.6) is 5.75 Å². The average molecular weight is 335 g/mol. The normalized spacial score (nSPS) is 12.2. The van der Waals surface area contributed by atoms with Crippen LogP contribution in [-0.2, 0) is 0 Å². The number of hydrogen-bond donors (Lipinski definition) is 2. The number of aromatic nitrogens is 4. The Morgan fingerprint density at radius 1 is 1.16 bits per heavy atom. The zero-order valence-corrected chi connectivity index (χ0v) is 13.9. The van der Waals surface area contributed by atoms with Crippen molar-refractivity contribution < 1.29 is 9.15 Å². The lowest BCUT2D eigenvalue weighted by Gasteiger charge is -2.13. The summed E-state index contributed by atoms with van der Waals surface area (Å²) in [5.74, 6) is 1.27. The van der Waals surface area contributed by atoms with Crippen LogP contribution >= 0.6 is 0 Å². The first kappa shape index (κ1) is 15.2. The molecular formula is C18H17N5O2. The van der Waals surface area contributed by atoms with Crippen molar-refractivity contribution >= 4 is 16.9 Å². The molecule has 25 heavy (non-hydrogen) atoms. The van der Waals surface area contributed by atoms with Gasteiger partial charge in [0.2, 0.25) is 5.89 Å². The molecule has 0 fully saturated rings. The van der Waals surface area contributed by atoms with E-state index in [-0.39, 0.29) is 6.04 Å². The largest absolute Gasteiger partial charge is 0.497 e. The third kappa shape index (κ3) is 3.03. The van der Waals surface area contributed by atoms with Crippen molar-refractivity contribution in [2.75, 3.05) is 12.4 Å². The minimum absolute atomic E-state index is 0.000228. The molecule has 2 heterocycles. The van der Waals surface area contributed by atoms with Gasteiger partial charge in [-0.05, 0) is 42.8 Å². The highest BCUT2D eigenvalue weighted by Gasteiger charge is 2.13. The Hall–Kier alpha value is -3.35. The maximum absolute atomic E-state index is 5.75. The third-order valence-corrected chi connectivity index (χ3v) is 4.05. The van der Waals surface area contributed by atoms with Crippen LogP contribution in [-0.4, -0.2) is 27.5 Å². The zero-order chi connectivity index (χ0) is 17.2. The van der Waals surface area contributed by atoms with Gasteiger partial charge in [-0.1, -0.05) is 17.2 Å². The molecule has 2 N–H and O–H groups in total. The summed E-state index contributed by atoms with van der Waals surface area (Å²) in [6.07, 6.45) is 1.76. The highest BCUT2D eigenvalue weighted by atomic mass is 16.5. The fourth-order valence-corrected chi connectivity index (χ4v) is 2.65. The topological polar surface area (TPSA) is 88.9 Å². The molecule has 0 unspecified atom stereocenters. The lowest BCUT2D eigenvalue weighted by molar-refractivity contribution is 0.414. The summed E-state index contributed by atoms with van der Waals surface area (Å²) in [7, 11) is 1.65. The van der Waals surface area contributed by atoms with Gasteiger partial charge in [0.15, 0.2) is 0 Å². The number of anilines is 1. The molecule has 1 atom stereocenters. The molecule has 0 saturated heterocycles. The molecule has 0 bridgehead atoms. The van der Waals surface area contributed by atoms with Crippen molar-refractivity contribution in [1.29, 1.82) is 0 Å². The number of hydrogen-bond acceptors (Lipinski definition) is 6. The molecule has 126 valence electrons. The van der Waals surface area contributed by atoms with Crippen LogP contribution in [0.2, 0.25) is 0 Å². The molecular weight excluding hydrogens is 318 g/mol. The molecule has 0 spiro atoms. The molecule has 0 saturated carbocycles. The number of H-pyrrole nitrogens is 1. The SMILES string of the molecule is COc1cccc([C@@H](C)Nc2nnc(-c3ccc4[nH]ncc4c3)o2)c1. The monoisotopic (exact) mass is 335 g/mol. The molecule has 4 rings (SSSR count). The van der Waals surface area contributed by atoms with Gasteiger partial charge in [-0.2, -0.15) is 5.10 Å². The fourth-order valence-electron chi connectivity index (χ4n) is 2.65. The molecule has 0 aliphatic carbocycles. The first-order valence-corrected chi connectivity index (χ1v) is 7.90. The van der Waals surface area contributed by atoms with E-state index in [9.17, 15) is 0 Å². The number of rotatable bonds is 5. The molecule has 0 aliphatic rings. The lowest BCUT2D eigenvalue weighted by atomic mass is 10.1. The van der Waals surface area contributed by atoms with E-state index < -0.39 is 0 Å². The van der Waals surface area contributed by atoms with E-state index in [0.29, 0.717) is 11.9 Å². The van der Waals surface area contributed by atoms with E-state index in [4.69, 9.17) is 9.15 Å². The summed E-state index contributed by atoms with van der Waals surface area (Å²) in [6, 6.07) is 14.0. The van der Waals surface area contributed by atoms with Crippen molar-refractivity contribution in [2.24, 2.45) is 0 Å². The van der Waals surface area contributed by atoms with Crippen LogP contribution in [0.1, 0.15) is 18.5 Å². The highest BCUT2D eigenvalue weighted by molar-refractivity contribution is 5.82. The Morgan fingerprint density at radius 2 is 2.08 bits per heavy atom. The molecule has 2 aromatic heterocycles. The van der Waals surface area contributed by atoms with Crippen molar-refractivity contribution in [3.8, 4) is 17.2 Å². The smallest absolute Gasteiger partial charge is 0.316 e. The maximum atomic E-state index is 5.75. The molecule has 7 heteroatoms. The second-order valence-corrected chi connectivity index (χ2v) is 5.73. The van der Waals surface area contributed by atoms with Gasteiger partial charge in [0, 0.05) is 10.9 Å². The summed E-state index contributed by atoms with van der Waals surface area (Å²) in [4.78, 5) is 0. The predicted octanol–water partition coefficient (Wildman–Crippen LogP) is 3.79. The van der Waals surface area contributed by atoms with Crippen LogP contribution in [0.25, 0.3) is 22.4 Å². The van der Waals surface area contributed by atoms with Gasteiger partial charge in [0.05, 0.1) is 24.9 Å². The van der Waals surface area contributed by atoms with E-state index in [0.717, 1.165) is 27.8 Å². The van der Waals surface area contributed by atoms with Crippen LogP contribution in [0.15, 0.2) is 53.1 Å². The van der Waals surface area contributed by atoms with Gasteiger partial charge in [0.1, 0.15) is 5.75 Å². The number of benzene rings is 2. The summed E-state index contributed by atoms with van der Waals surface area (Å²) in [6.45, 7) is 2.02. The van der Waals surface area contributed by atoms with Gasteiger partial charge < -0.3 is 14.5 Å². The van der Waals surface area contributed by atoms with Gasteiger partial charge in [-0.25, -0.2) is 0 Å². The molecule has 0 amide bonds. The van der Waals surface area contributed by atoms with E-state index in [1.807, 2.05) is 49.4 Å². The molecule has 7 nitrogen and oxygen atoms in total. The van der Waals surface area contributed by atoms with Crippen molar-refractivity contribution in [2.45, 2.75) is 13.0 Å². The summed E-state index contributed by atoms with van der Waals surface area (Å²) in [5, 5.41) is 19.4. The van der Waals surface area contributed by atoms with Crippen molar-refractivity contribution in [3.63, 3.8) is 0 Å². The quantitative estimate of drug-likeness (QED) is 0.577. The zero-order valence-electron chi connectivity index (χ0n) is 13.9. The Kier molecular flexibility index (Phi) is 3.81. The van der Waals surface area contributed by atoms with Gasteiger partial charge >= 0.3 is 6.01 Å². The number of fused-ring (bicyclic) bond motifs is 1. The first-order chi connectivity index (χ1) is 12.2. The maximum Gasteiger partial charge on any atom is 0.316 e. The highest BCUT2D eigenvalue weighted by Crippen LogP contribution is 2.26. The van der Waals surface area contributed by atoms with Crippen LogP contribution in [0.4, 0.5) is 6.01 Å². The van der Waals surface area contributed by atoms with Gasteiger partial charge in [-0.3, -0.25) is 5.10 Å². The second-order valence-electron chi connectivity index (χ2n) is 5.73. The Morgan fingerprint density at radius 3 is 2.96 bits per heavy atom. The van der Waals surface area contributed by atoms with E-state index in [2.05, 4.69) is 25.7 Å². The third-order valence-electron chi connectivity index (χ3n) is 4.05. The van der Waals surface area contributed by atoms with Gasteiger partial charge in [-0.15, -0.1) is 5.10 Å². The van der Waals surface area contributed by atoms with E-state index >= 15 is 0 Å². The molecule has 0 aliphatic heterocycles. The lowest BCUT2D eigenvalue weighted by Crippen LogP contribution is -2.06. The number of ether oxygens (including phenoxy) is 1. The minimum atomic E-state index is -0.000228. The number of nitrogens with zero attached hydrogens (tertiary/aromatic N) is 3. The first-order valence-electron chi connectivity index (χ1n) is 7.90. The molecule has 4 aromatic rings. The van der Waals surface area contributed by atoms with Crippen molar-refractivity contribution in [3.05, 3.63) is 54.2 Å². The molecule has 2 aromatic carbocycles. The average Bonchev–Trinajstić information content (AvgIpc) is 3.30. The standard InChI is InChI=1S/C18H17N5O2/c1-11(12-4-3-5-15(9-12)24-2)20-18-23-22-17(25-18)13-6-7-16-14(8-13)10-19-21-16/h3-11H,1-2H3,(H,19,21)(H,20,23)/t11-/m1/s1. The fraction of sp³-hybridized carbons (Fsp3) is 0.167. The number of methoxy groups -OCH3 is 1. The predicted molar refractivity (Wildman–Crippen MR) is 94.4 cm³/mol. The summed E-state index contributed by atoms with van der Waals surface area (Å²) < 4.78 is 11.0. The minimum Gasteiger partial charge on any atom is -0.497 e. The molecule has 0 radical (unpaired) electrons. The van der Waals surface area contributed by atoms with Crippen molar-refractivity contribution in [1.82, 2.24) is 20.4 Å². The van der Waals surface area contributed by atoms with Gasteiger partial charge in [0.25, 0.3) is 0 Å². The Balaban J connectivity index is 1.54. The summed E-state index contributed by atoms with van der Waals surface area (Å²) in [5.41, 5.74) is 2.88. The number of aromatic amines is 1. The second kappa shape index (κ2) is 6.27. The van der Waals surface area contributed by atoms with Crippen LogP contribution in [0.3, 0.4) is 0 Å². The van der Waals surface area contributed by atoms with E-state index in [1.165, 1.54) is 0 Å². The Labute approximate surface area is 144 Å². The Bertz CT molecular complexity index is 1010.